The molecule has 1 fully saturated rings. The van der Waals surface area contributed by atoms with Crippen molar-refractivity contribution in [1.82, 2.24) is 19.2 Å². The summed E-state index contributed by atoms with van der Waals surface area (Å²) in [5, 5.41) is 14.6. The summed E-state index contributed by atoms with van der Waals surface area (Å²) in [5.74, 6) is 0. The van der Waals surface area contributed by atoms with Crippen molar-refractivity contribution in [2.75, 3.05) is 31.6 Å². The highest BCUT2D eigenvalue weighted by molar-refractivity contribution is 6.36. The molecule has 1 aromatic carbocycles. The summed E-state index contributed by atoms with van der Waals surface area (Å²) in [7, 11) is 3.85. The third-order valence-corrected chi connectivity index (χ3v) is 7.03. The van der Waals surface area contributed by atoms with Crippen LogP contribution >= 0.6 is 23.2 Å². The van der Waals surface area contributed by atoms with Gasteiger partial charge < -0.3 is 14.4 Å². The van der Waals surface area contributed by atoms with Crippen LogP contribution in [0.15, 0.2) is 41.5 Å². The number of nitrogens with one attached hydrogen (secondary N) is 1. The smallest absolute Gasteiger partial charge is 0.259 e. The zero-order valence-electron chi connectivity index (χ0n) is 18.4. The van der Waals surface area contributed by atoms with Gasteiger partial charge in [-0.3, -0.25) is 10.2 Å². The van der Waals surface area contributed by atoms with Gasteiger partial charge in [-0.25, -0.2) is 4.68 Å². The van der Waals surface area contributed by atoms with Crippen molar-refractivity contribution in [1.29, 1.82) is 5.41 Å². The number of pyridine rings is 1. The van der Waals surface area contributed by atoms with Gasteiger partial charge in [0, 0.05) is 63.2 Å². The fourth-order valence-corrected chi connectivity index (χ4v) is 4.89. The number of benzene rings is 1. The molecule has 0 saturated carbocycles. The summed E-state index contributed by atoms with van der Waals surface area (Å²) in [4.78, 5) is 17.4. The second kappa shape index (κ2) is 9.65. The monoisotopic (exact) mass is 474 g/mol. The van der Waals surface area contributed by atoms with E-state index in [4.69, 9.17) is 28.6 Å². The Bertz CT molecular complexity index is 1230. The first-order valence-corrected chi connectivity index (χ1v) is 11.6. The molecule has 0 spiro atoms. The first-order chi connectivity index (χ1) is 15.4. The Morgan fingerprint density at radius 1 is 1.12 bits per heavy atom. The Hall–Kier alpha value is -2.35. The molecular weight excluding hydrogens is 447 g/mol. The molecule has 2 aromatic heterocycles. The van der Waals surface area contributed by atoms with Crippen LogP contribution in [0.3, 0.4) is 0 Å². The molecule has 1 saturated heterocycles. The van der Waals surface area contributed by atoms with Crippen molar-refractivity contribution >= 4 is 39.7 Å². The Kier molecular flexibility index (Phi) is 6.88. The van der Waals surface area contributed by atoms with Crippen LogP contribution in [-0.4, -0.2) is 52.0 Å². The number of rotatable bonds is 6. The summed E-state index contributed by atoms with van der Waals surface area (Å²) < 4.78 is 3.22. The normalized spacial score (nSPS) is 15.4. The lowest BCUT2D eigenvalue weighted by Crippen LogP contribution is -2.44. The molecule has 0 unspecified atom stereocenters. The summed E-state index contributed by atoms with van der Waals surface area (Å²) in [6.45, 7) is 3.69. The lowest BCUT2D eigenvalue weighted by molar-refractivity contribution is 0.204. The largest absolute Gasteiger partial charge is 0.371 e. The van der Waals surface area contributed by atoms with Crippen molar-refractivity contribution in [2.24, 2.45) is 7.05 Å². The van der Waals surface area contributed by atoms with E-state index in [-0.39, 0.29) is 11.0 Å². The first-order valence-electron chi connectivity index (χ1n) is 10.9. The maximum atomic E-state index is 12.6. The number of hydrogen-bond acceptors (Lipinski definition) is 5. The number of piperidine rings is 1. The summed E-state index contributed by atoms with van der Waals surface area (Å²) in [6.07, 6.45) is 6.47. The van der Waals surface area contributed by atoms with Crippen LogP contribution in [0.25, 0.3) is 10.8 Å². The van der Waals surface area contributed by atoms with Gasteiger partial charge in [-0.2, -0.15) is 5.10 Å². The van der Waals surface area contributed by atoms with Gasteiger partial charge in [-0.15, -0.1) is 0 Å². The number of nitrogens with zero attached hydrogens (tertiary/aromatic N) is 5. The van der Waals surface area contributed by atoms with Crippen molar-refractivity contribution < 1.29 is 0 Å². The van der Waals surface area contributed by atoms with E-state index < -0.39 is 0 Å². The topological polar surface area (TPSA) is 70.2 Å². The van der Waals surface area contributed by atoms with E-state index in [1.165, 1.54) is 0 Å². The van der Waals surface area contributed by atoms with Crippen molar-refractivity contribution in [3.05, 3.63) is 62.5 Å². The van der Waals surface area contributed by atoms with Gasteiger partial charge in [-0.05, 0) is 50.1 Å². The van der Waals surface area contributed by atoms with E-state index in [1.54, 1.807) is 34.8 Å². The quantitative estimate of drug-likeness (QED) is 0.593. The molecule has 32 heavy (non-hydrogen) atoms. The predicted molar refractivity (Wildman–Crippen MR) is 130 cm³/mol. The average molecular weight is 475 g/mol. The van der Waals surface area contributed by atoms with Gasteiger partial charge in [0.15, 0.2) is 5.49 Å². The third kappa shape index (κ3) is 4.56. The van der Waals surface area contributed by atoms with Gasteiger partial charge in [0.25, 0.3) is 5.56 Å². The molecule has 9 heteroatoms. The number of halogens is 2. The van der Waals surface area contributed by atoms with Gasteiger partial charge in [0.1, 0.15) is 0 Å². The number of aryl methyl sites for hydroxylation is 2. The van der Waals surface area contributed by atoms with E-state index in [9.17, 15) is 4.79 Å². The molecule has 0 bridgehead atoms. The van der Waals surface area contributed by atoms with E-state index in [2.05, 4.69) is 21.9 Å². The third-order valence-electron chi connectivity index (χ3n) is 6.41. The van der Waals surface area contributed by atoms with Gasteiger partial charge in [0.2, 0.25) is 0 Å². The molecule has 3 aromatic rings. The summed E-state index contributed by atoms with van der Waals surface area (Å²) in [5.41, 5.74) is 1.24. The highest BCUT2D eigenvalue weighted by atomic mass is 35.5. The molecule has 4 rings (SSSR count). The predicted octanol–water partition coefficient (Wildman–Crippen LogP) is 3.51. The fraction of sp³-hybridized carbons (Fsp3) is 0.435. The Balaban J connectivity index is 1.38. The zero-order valence-corrected chi connectivity index (χ0v) is 19.9. The highest BCUT2D eigenvalue weighted by Gasteiger charge is 2.24. The minimum atomic E-state index is -0.0690. The Morgan fingerprint density at radius 2 is 1.88 bits per heavy atom. The van der Waals surface area contributed by atoms with Crippen molar-refractivity contribution in [2.45, 2.75) is 31.8 Å². The van der Waals surface area contributed by atoms with Crippen LogP contribution < -0.4 is 15.9 Å². The van der Waals surface area contributed by atoms with Crippen LogP contribution in [0.4, 0.5) is 5.69 Å². The maximum absolute atomic E-state index is 12.6. The molecule has 0 atom stereocenters. The second-order valence-corrected chi connectivity index (χ2v) is 9.19. The number of aromatic nitrogens is 3. The minimum absolute atomic E-state index is 0.0690. The van der Waals surface area contributed by atoms with Crippen LogP contribution in [-0.2, 0) is 13.6 Å². The van der Waals surface area contributed by atoms with Gasteiger partial charge in [-0.1, -0.05) is 23.2 Å². The molecule has 0 aliphatic carbocycles. The van der Waals surface area contributed by atoms with Crippen molar-refractivity contribution in [3.63, 3.8) is 0 Å². The molecule has 0 amide bonds. The highest BCUT2D eigenvalue weighted by Crippen LogP contribution is 2.32. The van der Waals surface area contributed by atoms with E-state index in [1.807, 2.05) is 18.2 Å². The van der Waals surface area contributed by atoms with Crippen molar-refractivity contribution in [3.8, 4) is 0 Å². The molecule has 1 N–H and O–H groups in total. The molecular formula is C23H28Cl2N6O. The summed E-state index contributed by atoms with van der Waals surface area (Å²) >= 11 is 12.4. The lowest BCUT2D eigenvalue weighted by atomic mass is 10.0. The SMILES string of the molecule is CN(c1ccc(Cl)c2c(=O)n(C)ccc12)C1CCN(CCCn2nccc(Cl)c2=N)CC1. The van der Waals surface area contributed by atoms with Crippen LogP contribution in [0, 0.1) is 5.41 Å². The van der Waals surface area contributed by atoms with Gasteiger partial charge in [0.05, 0.1) is 15.4 Å². The number of likely N-dealkylation sites (tertiary alicyclic amines) is 1. The Morgan fingerprint density at radius 3 is 2.62 bits per heavy atom. The van der Waals surface area contributed by atoms with Crippen LogP contribution in [0.1, 0.15) is 19.3 Å². The molecule has 7 nitrogen and oxygen atoms in total. The van der Waals surface area contributed by atoms with Gasteiger partial charge >= 0.3 is 0 Å². The molecule has 170 valence electrons. The first kappa shape index (κ1) is 22.8. The van der Waals surface area contributed by atoms with E-state index in [0.29, 0.717) is 28.0 Å². The molecule has 0 radical (unpaired) electrons. The Labute approximate surface area is 197 Å². The molecule has 3 heterocycles. The molecule has 1 aliphatic rings. The molecule has 1 aliphatic heterocycles. The lowest BCUT2D eigenvalue weighted by Gasteiger charge is -2.38. The maximum Gasteiger partial charge on any atom is 0.259 e. The van der Waals surface area contributed by atoms with E-state index in [0.717, 1.165) is 50.0 Å². The van der Waals surface area contributed by atoms with E-state index >= 15 is 0 Å². The van der Waals surface area contributed by atoms with Crippen LogP contribution in [0.5, 0.6) is 0 Å². The second-order valence-electron chi connectivity index (χ2n) is 8.38. The summed E-state index contributed by atoms with van der Waals surface area (Å²) in [6, 6.07) is 7.87. The number of anilines is 1. The number of fused-ring (bicyclic) bond motifs is 1. The fourth-order valence-electron chi connectivity index (χ4n) is 4.49. The minimum Gasteiger partial charge on any atom is -0.371 e. The number of hydrogen-bond donors (Lipinski definition) is 1. The zero-order chi connectivity index (χ0) is 22.8. The van der Waals surface area contributed by atoms with Crippen LogP contribution in [0.2, 0.25) is 10.0 Å². The standard InChI is InChI=1S/C23H28Cl2N6O/c1-28-13-9-17-20(5-4-18(24)21(17)23(28)32)29(2)16-7-14-30(15-8-16)11-3-12-31-22(26)19(25)6-10-27-31/h4-6,9-10,13,16,26H,3,7-8,11-12,14-15H2,1-2H3. The average Bonchev–Trinajstić information content (AvgIpc) is 2.79.